The Morgan fingerprint density at radius 1 is 1.13 bits per heavy atom. The first-order valence-electron chi connectivity index (χ1n) is 7.98. The van der Waals surface area contributed by atoms with Gasteiger partial charge in [-0.15, -0.1) is 0 Å². The van der Waals surface area contributed by atoms with Crippen LogP contribution in [0.15, 0.2) is 48.5 Å². The van der Waals surface area contributed by atoms with Gasteiger partial charge in [-0.1, -0.05) is 55.0 Å². The summed E-state index contributed by atoms with van der Waals surface area (Å²) in [7, 11) is 1.69. The van der Waals surface area contributed by atoms with Gasteiger partial charge in [0.1, 0.15) is 5.60 Å². The minimum absolute atomic E-state index is 0.0618. The zero-order chi connectivity index (χ0) is 16.9. The Morgan fingerprint density at radius 2 is 1.83 bits per heavy atom. The molecule has 1 atom stereocenters. The zero-order valence-electron chi connectivity index (χ0n) is 14.3. The lowest BCUT2D eigenvalue weighted by Crippen LogP contribution is -2.42. The largest absolute Gasteiger partial charge is 0.372 e. The van der Waals surface area contributed by atoms with E-state index >= 15 is 0 Å². The van der Waals surface area contributed by atoms with E-state index in [0.29, 0.717) is 12.1 Å². The number of methoxy groups -OCH3 is 1. The maximum atomic E-state index is 12.5. The van der Waals surface area contributed by atoms with Gasteiger partial charge in [0.2, 0.25) is 0 Å². The molecule has 0 aliphatic rings. The molecule has 0 aromatic heterocycles. The second kappa shape index (κ2) is 7.42. The van der Waals surface area contributed by atoms with Gasteiger partial charge in [0, 0.05) is 12.7 Å². The maximum absolute atomic E-state index is 12.5. The van der Waals surface area contributed by atoms with Crippen molar-refractivity contribution in [2.45, 2.75) is 32.8 Å². The third-order valence-corrected chi connectivity index (χ3v) is 4.42. The minimum atomic E-state index is -0.504. The molecule has 3 heteroatoms. The smallest absolute Gasteiger partial charge is 0.251 e. The van der Waals surface area contributed by atoms with E-state index in [9.17, 15) is 4.79 Å². The van der Waals surface area contributed by atoms with E-state index < -0.39 is 5.60 Å². The molecule has 0 bridgehead atoms. The van der Waals surface area contributed by atoms with Crippen molar-refractivity contribution in [3.05, 3.63) is 70.8 Å². The number of ether oxygens (including phenoxy) is 1. The van der Waals surface area contributed by atoms with Gasteiger partial charge in [0.05, 0.1) is 6.54 Å². The van der Waals surface area contributed by atoms with Crippen LogP contribution < -0.4 is 5.32 Å². The average Bonchev–Trinajstić information content (AvgIpc) is 2.57. The van der Waals surface area contributed by atoms with Gasteiger partial charge in [-0.2, -0.15) is 0 Å². The fourth-order valence-corrected chi connectivity index (χ4v) is 2.89. The molecule has 1 amide bonds. The summed E-state index contributed by atoms with van der Waals surface area (Å²) in [5.74, 6) is -0.0618. The number of benzene rings is 2. The molecule has 3 nitrogen and oxygen atoms in total. The van der Waals surface area contributed by atoms with E-state index in [2.05, 4.69) is 12.2 Å². The fraction of sp³-hybridized carbons (Fsp3) is 0.350. The Labute approximate surface area is 138 Å². The molecule has 0 fully saturated rings. The molecule has 2 rings (SSSR count). The molecule has 1 unspecified atom stereocenters. The van der Waals surface area contributed by atoms with Crippen LogP contribution in [-0.4, -0.2) is 19.6 Å². The van der Waals surface area contributed by atoms with Gasteiger partial charge >= 0.3 is 0 Å². The lowest BCUT2D eigenvalue weighted by atomic mass is 9.90. The normalized spacial score (nSPS) is 13.4. The summed E-state index contributed by atoms with van der Waals surface area (Å²) in [6.07, 6.45) is 0.778. The molecule has 0 saturated carbocycles. The molecule has 0 aliphatic heterocycles. The quantitative estimate of drug-likeness (QED) is 0.876. The number of hydrogen-bond donors (Lipinski definition) is 1. The monoisotopic (exact) mass is 311 g/mol. The third kappa shape index (κ3) is 3.80. The van der Waals surface area contributed by atoms with Crippen LogP contribution in [0.25, 0.3) is 0 Å². The molecule has 0 heterocycles. The number of amides is 1. The molecule has 0 spiro atoms. The standard InChI is InChI=1S/C20H25NO2/c1-5-20(23-4,17-9-7-6-8-10-17)14-21-19(22)18-12-11-15(2)13-16(18)3/h6-13H,5,14H2,1-4H3,(H,21,22). The number of hydrogen-bond acceptors (Lipinski definition) is 2. The van der Waals surface area contributed by atoms with Crippen molar-refractivity contribution >= 4 is 5.91 Å². The molecule has 0 radical (unpaired) electrons. The van der Waals surface area contributed by atoms with Crippen LogP contribution in [0.4, 0.5) is 0 Å². The number of aryl methyl sites for hydroxylation is 2. The molecular weight excluding hydrogens is 286 g/mol. The second-order valence-electron chi connectivity index (χ2n) is 5.92. The second-order valence-corrected chi connectivity index (χ2v) is 5.92. The fourth-order valence-electron chi connectivity index (χ4n) is 2.89. The van der Waals surface area contributed by atoms with Crippen LogP contribution in [0.2, 0.25) is 0 Å². The molecule has 0 aliphatic carbocycles. The minimum Gasteiger partial charge on any atom is -0.372 e. The molecule has 23 heavy (non-hydrogen) atoms. The van der Waals surface area contributed by atoms with Crippen LogP contribution in [0, 0.1) is 13.8 Å². The molecule has 1 N–H and O–H groups in total. The highest BCUT2D eigenvalue weighted by Gasteiger charge is 2.30. The highest BCUT2D eigenvalue weighted by atomic mass is 16.5. The van der Waals surface area contributed by atoms with E-state index in [1.807, 2.05) is 62.4 Å². The zero-order valence-corrected chi connectivity index (χ0v) is 14.3. The van der Waals surface area contributed by atoms with Crippen molar-refractivity contribution in [3.8, 4) is 0 Å². The summed E-state index contributed by atoms with van der Waals surface area (Å²) in [6.45, 7) is 6.50. The van der Waals surface area contributed by atoms with Gasteiger partial charge in [-0.3, -0.25) is 4.79 Å². The van der Waals surface area contributed by atoms with Crippen LogP contribution in [-0.2, 0) is 10.3 Å². The summed E-state index contributed by atoms with van der Waals surface area (Å²) in [5, 5.41) is 3.04. The Bertz CT molecular complexity index is 661. The number of carbonyl (C=O) groups excluding carboxylic acids is 1. The van der Waals surface area contributed by atoms with Crippen LogP contribution in [0.1, 0.15) is 40.4 Å². The highest BCUT2D eigenvalue weighted by Crippen LogP contribution is 2.28. The van der Waals surface area contributed by atoms with Crippen LogP contribution in [0.5, 0.6) is 0 Å². The predicted molar refractivity (Wildman–Crippen MR) is 93.7 cm³/mol. The van der Waals surface area contributed by atoms with Crippen molar-refractivity contribution < 1.29 is 9.53 Å². The summed E-state index contributed by atoms with van der Waals surface area (Å²) < 4.78 is 5.79. The van der Waals surface area contributed by atoms with Crippen LogP contribution in [0.3, 0.4) is 0 Å². The van der Waals surface area contributed by atoms with E-state index in [0.717, 1.165) is 23.1 Å². The van der Waals surface area contributed by atoms with E-state index in [1.165, 1.54) is 0 Å². The molecule has 2 aromatic carbocycles. The summed E-state index contributed by atoms with van der Waals surface area (Å²) in [5.41, 5.74) is 3.43. The Morgan fingerprint density at radius 3 is 2.39 bits per heavy atom. The topological polar surface area (TPSA) is 38.3 Å². The maximum Gasteiger partial charge on any atom is 0.251 e. The number of rotatable bonds is 6. The lowest BCUT2D eigenvalue weighted by Gasteiger charge is -2.32. The molecular formula is C20H25NO2. The Balaban J connectivity index is 2.17. The summed E-state index contributed by atoms with van der Waals surface area (Å²) in [6, 6.07) is 15.9. The third-order valence-electron chi connectivity index (χ3n) is 4.42. The SMILES string of the molecule is CCC(CNC(=O)c1ccc(C)cc1C)(OC)c1ccccc1. The van der Waals surface area contributed by atoms with E-state index in [1.54, 1.807) is 7.11 Å². The van der Waals surface area contributed by atoms with Crippen molar-refractivity contribution in [2.24, 2.45) is 0 Å². The van der Waals surface area contributed by atoms with Crippen molar-refractivity contribution in [1.29, 1.82) is 0 Å². The van der Waals surface area contributed by atoms with Crippen molar-refractivity contribution in [2.75, 3.05) is 13.7 Å². The lowest BCUT2D eigenvalue weighted by molar-refractivity contribution is -0.0164. The first kappa shape index (κ1) is 17.2. The summed E-state index contributed by atoms with van der Waals surface area (Å²) >= 11 is 0. The van der Waals surface area contributed by atoms with Crippen molar-refractivity contribution in [1.82, 2.24) is 5.32 Å². The first-order valence-corrected chi connectivity index (χ1v) is 7.98. The van der Waals surface area contributed by atoms with Gasteiger partial charge in [-0.25, -0.2) is 0 Å². The summed E-state index contributed by atoms with van der Waals surface area (Å²) in [4.78, 5) is 12.5. The van der Waals surface area contributed by atoms with E-state index in [4.69, 9.17) is 4.74 Å². The average molecular weight is 311 g/mol. The Kier molecular flexibility index (Phi) is 5.56. The molecule has 0 saturated heterocycles. The van der Waals surface area contributed by atoms with Gasteiger partial charge in [0.15, 0.2) is 0 Å². The predicted octanol–water partition coefficient (Wildman–Crippen LogP) is 3.99. The van der Waals surface area contributed by atoms with Crippen molar-refractivity contribution in [3.63, 3.8) is 0 Å². The van der Waals surface area contributed by atoms with Gasteiger partial charge < -0.3 is 10.1 Å². The Hall–Kier alpha value is -2.13. The van der Waals surface area contributed by atoms with Gasteiger partial charge in [0.25, 0.3) is 5.91 Å². The van der Waals surface area contributed by atoms with Crippen LogP contribution >= 0.6 is 0 Å². The first-order chi connectivity index (χ1) is 11.0. The van der Waals surface area contributed by atoms with E-state index in [-0.39, 0.29) is 5.91 Å². The number of carbonyl (C=O) groups is 1. The van der Waals surface area contributed by atoms with Gasteiger partial charge in [-0.05, 0) is 37.5 Å². The highest BCUT2D eigenvalue weighted by molar-refractivity contribution is 5.95. The number of nitrogens with one attached hydrogen (secondary N) is 1. The molecule has 122 valence electrons. The molecule has 2 aromatic rings.